The lowest BCUT2D eigenvalue weighted by atomic mass is 10.0. The molecule has 0 fully saturated rings. The zero-order chi connectivity index (χ0) is 21.2. The number of rotatable bonds is 5. The molecule has 0 heterocycles. The molecule has 0 saturated carbocycles. The number of hydrogen-bond acceptors (Lipinski definition) is 4. The van der Waals surface area contributed by atoms with E-state index in [4.69, 9.17) is 11.6 Å². The van der Waals surface area contributed by atoms with Crippen molar-refractivity contribution in [3.05, 3.63) is 62.4 Å². The van der Waals surface area contributed by atoms with Crippen molar-refractivity contribution in [2.75, 3.05) is 18.5 Å². The normalized spacial score (nSPS) is 11.2. The Morgan fingerprint density at radius 2 is 1.93 bits per heavy atom. The number of nitro groups is 1. The molecule has 1 amide bonds. The van der Waals surface area contributed by atoms with Gasteiger partial charge in [0.2, 0.25) is 0 Å². The first kappa shape index (κ1) is 21.4. The number of carbonyl (C=O) groups excluding carboxylic acids is 1. The lowest BCUT2D eigenvalue weighted by molar-refractivity contribution is -0.385. The van der Waals surface area contributed by atoms with Gasteiger partial charge in [-0.15, -0.1) is 0 Å². The van der Waals surface area contributed by atoms with Crippen LogP contribution >= 0.6 is 11.6 Å². The first-order valence-corrected chi connectivity index (χ1v) is 8.11. The van der Waals surface area contributed by atoms with Crippen LogP contribution in [-0.2, 0) is 0 Å². The molecule has 11 heteroatoms. The molecule has 2 aromatic rings. The first-order chi connectivity index (χ1) is 12.9. The maximum atomic E-state index is 13.4. The van der Waals surface area contributed by atoms with Gasteiger partial charge in [0.05, 0.1) is 21.2 Å². The second-order valence-electron chi connectivity index (χ2n) is 5.87. The number of nitrogens with one attached hydrogen (secondary N) is 1. The molecule has 1 N–H and O–H groups in total. The summed E-state index contributed by atoms with van der Waals surface area (Å²) in [6.45, 7) is -0.177. The number of hydrogen-bond donors (Lipinski definition) is 1. The van der Waals surface area contributed by atoms with Crippen molar-refractivity contribution in [3.8, 4) is 0 Å². The summed E-state index contributed by atoms with van der Waals surface area (Å²) in [6, 6.07) is 5.87. The van der Waals surface area contributed by atoms with Crippen LogP contribution in [0.5, 0.6) is 0 Å². The predicted octanol–water partition coefficient (Wildman–Crippen LogP) is 4.76. The molecule has 2 rings (SSSR count). The second kappa shape index (κ2) is 8.01. The Morgan fingerprint density at radius 3 is 2.46 bits per heavy atom. The largest absolute Gasteiger partial charge is 0.405 e. The van der Waals surface area contributed by atoms with Gasteiger partial charge in [0.15, 0.2) is 0 Å². The number of nitrogens with zero attached hydrogens (tertiary/aromatic N) is 2. The van der Waals surface area contributed by atoms with Gasteiger partial charge < -0.3 is 10.2 Å². The lowest BCUT2D eigenvalue weighted by Gasteiger charge is -2.23. The summed E-state index contributed by atoms with van der Waals surface area (Å²) in [6.07, 6.45) is -4.65. The van der Waals surface area contributed by atoms with Gasteiger partial charge in [-0.1, -0.05) is 11.6 Å². The number of anilines is 2. The number of alkyl halides is 3. The highest BCUT2D eigenvalue weighted by atomic mass is 35.5. The highest BCUT2D eigenvalue weighted by Crippen LogP contribution is 2.34. The van der Waals surface area contributed by atoms with E-state index in [0.717, 1.165) is 12.1 Å². The second-order valence-corrected chi connectivity index (χ2v) is 6.28. The Labute approximate surface area is 161 Å². The SMILES string of the molecule is Cc1cc(N(C)c2ccc(F)c(Cl)c2)c(C(=O)NCC(F)(F)F)cc1[N+](=O)[O-]. The number of amides is 1. The molecule has 0 unspecified atom stereocenters. The van der Waals surface area contributed by atoms with Gasteiger partial charge in [-0.25, -0.2) is 4.39 Å². The summed E-state index contributed by atoms with van der Waals surface area (Å²) in [4.78, 5) is 24.1. The molecule has 2 aromatic carbocycles. The van der Waals surface area contributed by atoms with E-state index in [1.54, 1.807) is 5.32 Å². The predicted molar refractivity (Wildman–Crippen MR) is 95.7 cm³/mol. The van der Waals surface area contributed by atoms with Crippen LogP contribution in [0.3, 0.4) is 0 Å². The van der Waals surface area contributed by atoms with E-state index in [1.165, 1.54) is 37.1 Å². The van der Waals surface area contributed by atoms with Crippen LogP contribution in [0.15, 0.2) is 30.3 Å². The molecule has 0 aliphatic carbocycles. The number of halogens is 5. The van der Waals surface area contributed by atoms with Gasteiger partial charge in [-0.2, -0.15) is 13.2 Å². The Bertz CT molecular complexity index is 935. The summed E-state index contributed by atoms with van der Waals surface area (Å²) in [5.74, 6) is -1.82. The minimum atomic E-state index is -4.65. The van der Waals surface area contributed by atoms with Crippen LogP contribution in [-0.4, -0.2) is 30.6 Å². The summed E-state index contributed by atoms with van der Waals surface area (Å²) in [7, 11) is 1.46. The molecule has 0 atom stereocenters. The molecule has 150 valence electrons. The number of carbonyl (C=O) groups is 1. The van der Waals surface area contributed by atoms with E-state index in [0.29, 0.717) is 5.69 Å². The lowest BCUT2D eigenvalue weighted by Crippen LogP contribution is -2.34. The molecule has 0 aromatic heterocycles. The van der Waals surface area contributed by atoms with Crippen molar-refractivity contribution < 1.29 is 27.3 Å². The summed E-state index contributed by atoms with van der Waals surface area (Å²) in [5, 5.41) is 12.7. The molecular formula is C17H14ClF4N3O3. The summed E-state index contributed by atoms with van der Waals surface area (Å²) >= 11 is 5.75. The smallest absolute Gasteiger partial charge is 0.344 e. The van der Waals surface area contributed by atoms with Gasteiger partial charge in [0, 0.05) is 24.4 Å². The molecule has 0 radical (unpaired) electrons. The average molecular weight is 420 g/mol. The molecular weight excluding hydrogens is 406 g/mol. The average Bonchev–Trinajstić information content (AvgIpc) is 2.60. The van der Waals surface area contributed by atoms with E-state index in [-0.39, 0.29) is 21.8 Å². The number of benzene rings is 2. The van der Waals surface area contributed by atoms with Crippen molar-refractivity contribution in [2.24, 2.45) is 0 Å². The molecule has 0 saturated heterocycles. The van der Waals surface area contributed by atoms with Gasteiger partial charge in [0.1, 0.15) is 12.4 Å². The van der Waals surface area contributed by atoms with Gasteiger partial charge in [-0.3, -0.25) is 14.9 Å². The van der Waals surface area contributed by atoms with Gasteiger partial charge in [-0.05, 0) is 31.2 Å². The topological polar surface area (TPSA) is 75.5 Å². The third-order valence-electron chi connectivity index (χ3n) is 3.86. The van der Waals surface area contributed by atoms with E-state index >= 15 is 0 Å². The van der Waals surface area contributed by atoms with Crippen LogP contribution in [0.25, 0.3) is 0 Å². The number of nitro benzene ring substituents is 1. The van der Waals surface area contributed by atoms with E-state index in [2.05, 4.69) is 0 Å². The molecule has 28 heavy (non-hydrogen) atoms. The fraction of sp³-hybridized carbons (Fsp3) is 0.235. The van der Waals surface area contributed by atoms with Crippen molar-refractivity contribution >= 4 is 34.6 Å². The Kier molecular flexibility index (Phi) is 6.13. The maximum Gasteiger partial charge on any atom is 0.405 e. The Balaban J connectivity index is 2.54. The summed E-state index contributed by atoms with van der Waals surface area (Å²) < 4.78 is 50.7. The van der Waals surface area contributed by atoms with Crippen LogP contribution in [0.2, 0.25) is 5.02 Å². The number of aryl methyl sites for hydroxylation is 1. The van der Waals surface area contributed by atoms with Crippen molar-refractivity contribution in [1.29, 1.82) is 0 Å². The van der Waals surface area contributed by atoms with Gasteiger partial charge >= 0.3 is 6.18 Å². The molecule has 6 nitrogen and oxygen atoms in total. The maximum absolute atomic E-state index is 13.4. The molecule has 0 bridgehead atoms. The Morgan fingerprint density at radius 1 is 1.29 bits per heavy atom. The van der Waals surface area contributed by atoms with Crippen molar-refractivity contribution in [3.63, 3.8) is 0 Å². The van der Waals surface area contributed by atoms with Crippen molar-refractivity contribution in [1.82, 2.24) is 5.32 Å². The first-order valence-electron chi connectivity index (χ1n) is 7.73. The zero-order valence-electron chi connectivity index (χ0n) is 14.6. The van der Waals surface area contributed by atoms with Gasteiger partial charge in [0.25, 0.3) is 11.6 Å². The minimum absolute atomic E-state index is 0.0884. The van der Waals surface area contributed by atoms with E-state index < -0.39 is 35.1 Å². The fourth-order valence-corrected chi connectivity index (χ4v) is 2.62. The third kappa shape index (κ3) is 4.89. The fourth-order valence-electron chi connectivity index (χ4n) is 2.45. The quantitative estimate of drug-likeness (QED) is 0.431. The third-order valence-corrected chi connectivity index (χ3v) is 4.15. The molecule has 0 spiro atoms. The van der Waals surface area contributed by atoms with Crippen LogP contribution in [0, 0.1) is 22.9 Å². The van der Waals surface area contributed by atoms with E-state index in [9.17, 15) is 32.5 Å². The van der Waals surface area contributed by atoms with Crippen LogP contribution in [0.4, 0.5) is 34.6 Å². The highest BCUT2D eigenvalue weighted by Gasteiger charge is 2.29. The van der Waals surface area contributed by atoms with Crippen LogP contribution < -0.4 is 10.2 Å². The highest BCUT2D eigenvalue weighted by molar-refractivity contribution is 6.31. The van der Waals surface area contributed by atoms with Crippen molar-refractivity contribution in [2.45, 2.75) is 13.1 Å². The summed E-state index contributed by atoms with van der Waals surface area (Å²) in [5.41, 5.74) is -0.168. The molecule has 0 aliphatic heterocycles. The zero-order valence-corrected chi connectivity index (χ0v) is 15.4. The molecule has 0 aliphatic rings. The standard InChI is InChI=1S/C17H14ClF4N3O3/c1-9-5-15(24(2)10-3-4-13(19)12(18)6-10)11(7-14(9)25(27)28)16(26)23-8-17(20,21)22/h3-7H,8H2,1-2H3,(H,23,26). The monoisotopic (exact) mass is 419 g/mol. The minimum Gasteiger partial charge on any atom is -0.344 e. The Hall–Kier alpha value is -2.88. The van der Waals surface area contributed by atoms with Crippen LogP contribution in [0.1, 0.15) is 15.9 Å². The van der Waals surface area contributed by atoms with E-state index in [1.807, 2.05) is 0 Å².